The molecule has 0 aromatic heterocycles. The van der Waals surface area contributed by atoms with E-state index in [2.05, 4.69) is 19.2 Å². The minimum Gasteiger partial charge on any atom is -0.466 e. The molecule has 6 nitrogen and oxygen atoms in total. The van der Waals surface area contributed by atoms with Crippen LogP contribution >= 0.6 is 0 Å². The molecule has 3 N–H and O–H groups in total. The van der Waals surface area contributed by atoms with E-state index in [9.17, 15) is 19.8 Å². The number of allylic oxidation sites excluding steroid dienone is 1. The Kier molecular flexibility index (Phi) is 45.1. The van der Waals surface area contributed by atoms with Crippen molar-refractivity contribution in [1.29, 1.82) is 0 Å². The summed E-state index contributed by atoms with van der Waals surface area (Å²) in [6, 6.07) is -0.635. The number of carbonyl (C=O) groups excluding carboxylic acids is 2. The van der Waals surface area contributed by atoms with E-state index in [0.29, 0.717) is 19.4 Å². The number of unbranched alkanes of at least 4 members (excludes halogenated alkanes) is 35. The highest BCUT2D eigenvalue weighted by molar-refractivity contribution is 5.76. The van der Waals surface area contributed by atoms with Crippen LogP contribution in [0, 0.1) is 0 Å². The van der Waals surface area contributed by atoms with Crippen LogP contribution < -0.4 is 5.32 Å². The molecule has 0 spiro atoms. The molecular formula is C50H97NO5. The van der Waals surface area contributed by atoms with Crippen LogP contribution in [0.4, 0.5) is 0 Å². The Bertz CT molecular complexity index is 832. The van der Waals surface area contributed by atoms with Gasteiger partial charge in [-0.3, -0.25) is 9.59 Å². The summed E-state index contributed by atoms with van der Waals surface area (Å²) >= 11 is 0. The lowest BCUT2D eigenvalue weighted by Gasteiger charge is -2.20. The lowest BCUT2D eigenvalue weighted by molar-refractivity contribution is -0.143. The first kappa shape index (κ1) is 54.6. The maximum absolute atomic E-state index is 12.4. The highest BCUT2D eigenvalue weighted by Gasteiger charge is 2.18. The fourth-order valence-electron chi connectivity index (χ4n) is 7.69. The first-order valence-electron chi connectivity index (χ1n) is 25.0. The Balaban J connectivity index is 3.46. The molecular weight excluding hydrogens is 695 g/mol. The molecule has 0 aliphatic carbocycles. The van der Waals surface area contributed by atoms with E-state index in [0.717, 1.165) is 57.8 Å². The Morgan fingerprint density at radius 2 is 0.821 bits per heavy atom. The predicted molar refractivity (Wildman–Crippen MR) is 241 cm³/mol. The second-order valence-electron chi connectivity index (χ2n) is 17.2. The molecule has 0 saturated carbocycles. The molecule has 0 aromatic carbocycles. The minimum absolute atomic E-state index is 0.00481. The van der Waals surface area contributed by atoms with Gasteiger partial charge in [-0.15, -0.1) is 0 Å². The van der Waals surface area contributed by atoms with Crippen molar-refractivity contribution < 1.29 is 24.5 Å². The molecule has 6 heteroatoms. The smallest absolute Gasteiger partial charge is 0.305 e. The first-order valence-corrected chi connectivity index (χ1v) is 25.0. The zero-order valence-corrected chi connectivity index (χ0v) is 37.6. The average molecular weight is 792 g/mol. The van der Waals surface area contributed by atoms with Crippen molar-refractivity contribution in [2.75, 3.05) is 13.2 Å². The maximum Gasteiger partial charge on any atom is 0.305 e. The second kappa shape index (κ2) is 46.3. The molecule has 0 rings (SSSR count). The Morgan fingerprint density at radius 3 is 1.21 bits per heavy atom. The van der Waals surface area contributed by atoms with E-state index in [-0.39, 0.29) is 18.5 Å². The molecule has 56 heavy (non-hydrogen) atoms. The van der Waals surface area contributed by atoms with Gasteiger partial charge in [-0.1, -0.05) is 238 Å². The molecule has 0 saturated heterocycles. The summed E-state index contributed by atoms with van der Waals surface area (Å²) in [4.78, 5) is 24.4. The largest absolute Gasteiger partial charge is 0.466 e. The summed E-state index contributed by atoms with van der Waals surface area (Å²) in [5.41, 5.74) is 0. The Hall–Kier alpha value is -1.40. The fourth-order valence-corrected chi connectivity index (χ4v) is 7.69. The number of hydrogen-bond donors (Lipinski definition) is 3. The third-order valence-corrected chi connectivity index (χ3v) is 11.6. The van der Waals surface area contributed by atoms with Gasteiger partial charge < -0.3 is 20.3 Å². The van der Waals surface area contributed by atoms with Gasteiger partial charge >= 0.3 is 5.97 Å². The molecule has 0 heterocycles. The van der Waals surface area contributed by atoms with Crippen LogP contribution in [0.1, 0.15) is 271 Å². The normalized spacial score (nSPS) is 12.7. The number of carbonyl (C=O) groups is 2. The summed E-state index contributed by atoms with van der Waals surface area (Å²) in [7, 11) is 0. The lowest BCUT2D eigenvalue weighted by atomic mass is 10.0. The molecule has 0 bridgehead atoms. The molecule has 1 amide bonds. The summed E-state index contributed by atoms with van der Waals surface area (Å²) in [5, 5.41) is 23.0. The van der Waals surface area contributed by atoms with Gasteiger partial charge in [-0.25, -0.2) is 0 Å². The number of aliphatic hydroxyl groups is 2. The van der Waals surface area contributed by atoms with Gasteiger partial charge in [0.15, 0.2) is 0 Å². The quantitative estimate of drug-likeness (QED) is 0.0324. The van der Waals surface area contributed by atoms with E-state index < -0.39 is 12.1 Å². The van der Waals surface area contributed by atoms with Gasteiger partial charge in [-0.2, -0.15) is 0 Å². The topological polar surface area (TPSA) is 95.9 Å². The number of hydrogen-bond acceptors (Lipinski definition) is 5. The number of amides is 1. The molecule has 332 valence electrons. The summed E-state index contributed by atoms with van der Waals surface area (Å²) in [6.45, 7) is 4.87. The van der Waals surface area contributed by atoms with E-state index in [1.165, 1.54) is 186 Å². The molecule has 2 atom stereocenters. The first-order chi connectivity index (χ1) is 27.5. The Labute approximate surface area is 349 Å². The van der Waals surface area contributed by atoms with Crippen LogP contribution in [0.25, 0.3) is 0 Å². The molecule has 0 aliphatic rings. The third kappa shape index (κ3) is 42.2. The number of nitrogens with one attached hydrogen (secondary N) is 1. The maximum atomic E-state index is 12.4. The van der Waals surface area contributed by atoms with Gasteiger partial charge in [0.1, 0.15) is 0 Å². The van der Waals surface area contributed by atoms with Crippen molar-refractivity contribution in [3.63, 3.8) is 0 Å². The summed E-state index contributed by atoms with van der Waals surface area (Å²) in [6.07, 6.45) is 52.0. The minimum atomic E-state index is -0.850. The summed E-state index contributed by atoms with van der Waals surface area (Å²) in [5.74, 6) is -0.0857. The van der Waals surface area contributed by atoms with Gasteiger partial charge in [0.05, 0.1) is 25.4 Å². The zero-order chi connectivity index (χ0) is 40.8. The van der Waals surface area contributed by atoms with Gasteiger partial charge in [-0.05, 0) is 32.1 Å². The zero-order valence-electron chi connectivity index (χ0n) is 37.6. The number of ether oxygens (including phenoxy) is 1. The van der Waals surface area contributed by atoms with E-state index in [1.54, 1.807) is 6.08 Å². The summed E-state index contributed by atoms with van der Waals surface area (Å²) < 4.78 is 5.46. The van der Waals surface area contributed by atoms with E-state index in [1.807, 2.05) is 6.08 Å². The van der Waals surface area contributed by atoms with Crippen LogP contribution in [-0.4, -0.2) is 47.4 Å². The fraction of sp³-hybridized carbons (Fsp3) is 0.920. The number of rotatable bonds is 46. The van der Waals surface area contributed by atoms with Crippen LogP contribution in [0.2, 0.25) is 0 Å². The van der Waals surface area contributed by atoms with Crippen LogP contribution in [0.3, 0.4) is 0 Å². The predicted octanol–water partition coefficient (Wildman–Crippen LogP) is 14.6. The molecule has 0 aromatic rings. The van der Waals surface area contributed by atoms with Crippen molar-refractivity contribution in [2.45, 2.75) is 283 Å². The van der Waals surface area contributed by atoms with Crippen molar-refractivity contribution in [2.24, 2.45) is 0 Å². The monoisotopic (exact) mass is 792 g/mol. The van der Waals surface area contributed by atoms with Gasteiger partial charge in [0, 0.05) is 12.8 Å². The highest BCUT2D eigenvalue weighted by atomic mass is 16.5. The highest BCUT2D eigenvalue weighted by Crippen LogP contribution is 2.16. The van der Waals surface area contributed by atoms with Crippen molar-refractivity contribution in [3.8, 4) is 0 Å². The van der Waals surface area contributed by atoms with E-state index >= 15 is 0 Å². The number of aliphatic hydroxyl groups excluding tert-OH is 2. The van der Waals surface area contributed by atoms with E-state index in [4.69, 9.17) is 4.74 Å². The average Bonchev–Trinajstić information content (AvgIpc) is 3.20. The van der Waals surface area contributed by atoms with Crippen molar-refractivity contribution in [3.05, 3.63) is 12.2 Å². The van der Waals surface area contributed by atoms with Crippen molar-refractivity contribution in [1.82, 2.24) is 5.32 Å². The van der Waals surface area contributed by atoms with Crippen LogP contribution in [0.15, 0.2) is 12.2 Å². The van der Waals surface area contributed by atoms with Crippen LogP contribution in [0.5, 0.6) is 0 Å². The Morgan fingerprint density at radius 1 is 0.482 bits per heavy atom. The third-order valence-electron chi connectivity index (χ3n) is 11.6. The second-order valence-corrected chi connectivity index (χ2v) is 17.2. The standard InChI is InChI=1S/C50H97NO5/c1-3-5-7-9-11-13-15-17-20-24-28-32-36-40-44-50(55)56-45-41-37-33-29-25-21-18-19-23-27-31-35-39-43-49(54)51-47(46-52)48(53)42-38-34-30-26-22-16-14-12-10-8-6-4-2/h38,42,47-48,52-53H,3-37,39-41,43-46H2,1-2H3,(H,51,54)/b42-38+. The molecule has 0 radical (unpaired) electrons. The van der Waals surface area contributed by atoms with Gasteiger partial charge in [0.2, 0.25) is 5.91 Å². The van der Waals surface area contributed by atoms with Crippen LogP contribution in [-0.2, 0) is 14.3 Å². The molecule has 0 fully saturated rings. The van der Waals surface area contributed by atoms with Crippen molar-refractivity contribution >= 4 is 11.9 Å². The molecule has 2 unspecified atom stereocenters. The molecule has 0 aliphatic heterocycles. The number of esters is 1. The van der Waals surface area contributed by atoms with Gasteiger partial charge in [0.25, 0.3) is 0 Å². The lowest BCUT2D eigenvalue weighted by Crippen LogP contribution is -2.45. The SMILES string of the molecule is CCCCCCCCCCCC/C=C/C(O)C(CO)NC(=O)CCCCCCCCCCCCCCCOC(=O)CCCCCCCCCCCCCCCC.